The number of esters is 1. The Labute approximate surface area is 226 Å². The Morgan fingerprint density at radius 1 is 1.05 bits per heavy atom. The van der Waals surface area contributed by atoms with E-state index in [-0.39, 0.29) is 29.2 Å². The number of anilines is 1. The number of aromatic carboxylic acids is 1. The fourth-order valence-electron chi connectivity index (χ4n) is 3.12. The van der Waals surface area contributed by atoms with E-state index in [0.717, 1.165) is 0 Å². The van der Waals surface area contributed by atoms with E-state index in [1.807, 2.05) is 28.7 Å². The molecule has 3 aromatic rings. The molecule has 0 aliphatic rings. The molecule has 0 aliphatic carbocycles. The molecular weight excluding hydrogens is 591 g/mol. The first kappa shape index (κ1) is 27.2. The number of methoxy groups -OCH3 is 1. The molecule has 1 amide bonds. The molecule has 10 heteroatoms. The molecule has 3 aromatic carbocycles. The van der Waals surface area contributed by atoms with E-state index >= 15 is 0 Å². The highest BCUT2D eigenvalue weighted by Gasteiger charge is 2.18. The Bertz CT molecular complexity index is 1390. The van der Waals surface area contributed by atoms with Crippen molar-refractivity contribution in [3.05, 3.63) is 86.5 Å². The maximum Gasteiger partial charge on any atom is 0.343 e. The molecule has 0 aromatic heterocycles. The summed E-state index contributed by atoms with van der Waals surface area (Å²) in [6, 6.07) is 17.1. The number of carboxylic acid groups (broad SMARTS) is 1. The molecule has 0 aliphatic heterocycles. The van der Waals surface area contributed by atoms with E-state index in [4.69, 9.17) is 19.3 Å². The molecule has 0 bridgehead atoms. The van der Waals surface area contributed by atoms with E-state index < -0.39 is 17.8 Å². The number of carbonyl (C=O) groups excluding carboxylic acids is 2. The van der Waals surface area contributed by atoms with Gasteiger partial charge in [-0.15, -0.1) is 0 Å². The number of nitrogens with zero attached hydrogens (tertiary/aromatic N) is 1. The number of carboxylic acids is 1. The average molecular weight is 612 g/mol. The average Bonchev–Trinajstić information content (AvgIpc) is 2.89. The van der Waals surface area contributed by atoms with Crippen LogP contribution in [-0.2, 0) is 4.79 Å². The third-order valence-corrected chi connectivity index (χ3v) is 5.72. The molecule has 0 heterocycles. The number of nitriles is 1. The Kier molecular flexibility index (Phi) is 9.23. The molecular formula is C27H21IN2O7. The largest absolute Gasteiger partial charge is 0.497 e. The SMILES string of the molecule is CCOc1cc(/C=C(\C#N)C(=O)Nc2ccc(C(=O)O)cc2)cc(I)c1OC(=O)c1ccc(OC)cc1. The van der Waals surface area contributed by atoms with Crippen molar-refractivity contribution in [2.24, 2.45) is 0 Å². The van der Waals surface area contributed by atoms with Gasteiger partial charge in [0.2, 0.25) is 0 Å². The molecule has 0 saturated carbocycles. The molecule has 2 N–H and O–H groups in total. The van der Waals surface area contributed by atoms with Crippen molar-refractivity contribution < 1.29 is 33.7 Å². The molecule has 0 saturated heterocycles. The van der Waals surface area contributed by atoms with Crippen LogP contribution < -0.4 is 19.5 Å². The van der Waals surface area contributed by atoms with Crippen LogP contribution in [0.1, 0.15) is 33.2 Å². The zero-order valence-corrected chi connectivity index (χ0v) is 21.9. The highest BCUT2D eigenvalue weighted by molar-refractivity contribution is 14.1. The van der Waals surface area contributed by atoms with Gasteiger partial charge in [-0.3, -0.25) is 4.79 Å². The van der Waals surface area contributed by atoms with E-state index in [9.17, 15) is 19.6 Å². The number of halogens is 1. The summed E-state index contributed by atoms with van der Waals surface area (Å²) in [7, 11) is 1.53. The maximum atomic E-state index is 12.7. The molecule has 0 fully saturated rings. The Morgan fingerprint density at radius 2 is 1.70 bits per heavy atom. The number of carbonyl (C=O) groups is 3. The van der Waals surface area contributed by atoms with Gasteiger partial charge in [-0.1, -0.05) is 0 Å². The first-order valence-electron chi connectivity index (χ1n) is 10.8. The monoisotopic (exact) mass is 612 g/mol. The van der Waals surface area contributed by atoms with E-state index in [1.165, 1.54) is 37.5 Å². The van der Waals surface area contributed by atoms with Crippen LogP contribution in [0.4, 0.5) is 5.69 Å². The number of ether oxygens (including phenoxy) is 3. The van der Waals surface area contributed by atoms with Crippen molar-refractivity contribution in [2.75, 3.05) is 19.0 Å². The Morgan fingerprint density at radius 3 is 2.27 bits per heavy atom. The lowest BCUT2D eigenvalue weighted by atomic mass is 10.1. The van der Waals surface area contributed by atoms with Gasteiger partial charge in [-0.25, -0.2) is 9.59 Å². The summed E-state index contributed by atoms with van der Waals surface area (Å²) in [5, 5.41) is 21.1. The van der Waals surface area contributed by atoms with Gasteiger partial charge in [-0.05, 0) is 102 Å². The van der Waals surface area contributed by atoms with Crippen LogP contribution in [0.15, 0.2) is 66.2 Å². The third-order valence-electron chi connectivity index (χ3n) is 4.92. The zero-order valence-electron chi connectivity index (χ0n) is 19.8. The summed E-state index contributed by atoms with van der Waals surface area (Å²) in [5.41, 5.74) is 1.01. The smallest absolute Gasteiger partial charge is 0.343 e. The number of amides is 1. The van der Waals surface area contributed by atoms with Gasteiger partial charge in [0.1, 0.15) is 17.4 Å². The fourth-order valence-corrected chi connectivity index (χ4v) is 3.86. The van der Waals surface area contributed by atoms with E-state index in [2.05, 4.69) is 5.32 Å². The van der Waals surface area contributed by atoms with Crippen LogP contribution in [-0.4, -0.2) is 36.7 Å². The molecule has 0 atom stereocenters. The van der Waals surface area contributed by atoms with Crippen LogP contribution >= 0.6 is 22.6 Å². The molecule has 3 rings (SSSR count). The molecule has 188 valence electrons. The second-order valence-corrected chi connectivity index (χ2v) is 8.55. The maximum absolute atomic E-state index is 12.7. The lowest BCUT2D eigenvalue weighted by Gasteiger charge is -2.14. The van der Waals surface area contributed by atoms with Crippen molar-refractivity contribution in [1.82, 2.24) is 0 Å². The summed E-state index contributed by atoms with van der Waals surface area (Å²) in [6.45, 7) is 2.06. The molecule has 0 spiro atoms. The van der Waals surface area contributed by atoms with Crippen molar-refractivity contribution in [3.8, 4) is 23.3 Å². The number of hydrogen-bond acceptors (Lipinski definition) is 7. The van der Waals surface area contributed by atoms with Crippen LogP contribution in [0.3, 0.4) is 0 Å². The van der Waals surface area contributed by atoms with E-state index in [1.54, 1.807) is 43.3 Å². The highest BCUT2D eigenvalue weighted by Crippen LogP contribution is 2.35. The van der Waals surface area contributed by atoms with E-state index in [0.29, 0.717) is 26.1 Å². The van der Waals surface area contributed by atoms with Gasteiger partial charge >= 0.3 is 11.9 Å². The van der Waals surface area contributed by atoms with Gasteiger partial charge in [0.15, 0.2) is 11.5 Å². The van der Waals surface area contributed by atoms with Crippen LogP contribution in [0.5, 0.6) is 17.2 Å². The van der Waals surface area contributed by atoms with Crippen molar-refractivity contribution in [2.45, 2.75) is 6.92 Å². The number of hydrogen-bond donors (Lipinski definition) is 2. The first-order chi connectivity index (χ1) is 17.7. The van der Waals surface area contributed by atoms with Gasteiger partial charge in [-0.2, -0.15) is 5.26 Å². The summed E-state index contributed by atoms with van der Waals surface area (Å²) in [5.74, 6) is -1.27. The van der Waals surface area contributed by atoms with Gasteiger partial charge < -0.3 is 24.6 Å². The summed E-state index contributed by atoms with van der Waals surface area (Å²) in [4.78, 5) is 36.3. The van der Waals surface area contributed by atoms with Crippen LogP contribution in [0, 0.1) is 14.9 Å². The molecule has 37 heavy (non-hydrogen) atoms. The third kappa shape index (κ3) is 7.08. The topological polar surface area (TPSA) is 135 Å². The summed E-state index contributed by atoms with van der Waals surface area (Å²) >= 11 is 1.98. The Balaban J connectivity index is 1.85. The van der Waals surface area contributed by atoms with Crippen molar-refractivity contribution >= 4 is 52.2 Å². The standard InChI is InChI=1S/C27H21IN2O7/c1-3-36-23-14-16(12-19(15-29)25(31)30-20-8-4-17(5-9-20)26(32)33)13-22(28)24(23)37-27(34)18-6-10-21(35-2)11-7-18/h4-14H,3H2,1-2H3,(H,30,31)(H,32,33)/b19-12+. The van der Waals surface area contributed by atoms with Crippen LogP contribution in [0.25, 0.3) is 6.08 Å². The zero-order chi connectivity index (χ0) is 26.9. The number of benzene rings is 3. The van der Waals surface area contributed by atoms with Gasteiger partial charge in [0, 0.05) is 5.69 Å². The lowest BCUT2D eigenvalue weighted by Crippen LogP contribution is -2.13. The molecule has 0 radical (unpaired) electrons. The minimum absolute atomic E-state index is 0.0693. The van der Waals surface area contributed by atoms with Crippen molar-refractivity contribution in [1.29, 1.82) is 5.26 Å². The molecule has 9 nitrogen and oxygen atoms in total. The number of rotatable bonds is 9. The fraction of sp³-hybridized carbons (Fsp3) is 0.111. The predicted molar refractivity (Wildman–Crippen MR) is 144 cm³/mol. The molecule has 0 unspecified atom stereocenters. The lowest BCUT2D eigenvalue weighted by molar-refractivity contribution is -0.112. The predicted octanol–water partition coefficient (Wildman–Crippen LogP) is 5.16. The first-order valence-corrected chi connectivity index (χ1v) is 11.9. The van der Waals surface area contributed by atoms with Crippen LogP contribution in [0.2, 0.25) is 0 Å². The van der Waals surface area contributed by atoms with Crippen molar-refractivity contribution in [3.63, 3.8) is 0 Å². The second-order valence-electron chi connectivity index (χ2n) is 7.39. The van der Waals surface area contributed by atoms with Gasteiger partial charge in [0.25, 0.3) is 5.91 Å². The minimum atomic E-state index is -1.09. The summed E-state index contributed by atoms with van der Waals surface area (Å²) in [6.07, 6.45) is 1.38. The number of nitrogens with one attached hydrogen (secondary N) is 1. The second kappa shape index (κ2) is 12.5. The summed E-state index contributed by atoms with van der Waals surface area (Å²) < 4.78 is 16.9. The normalized spacial score (nSPS) is 10.7. The highest BCUT2D eigenvalue weighted by atomic mass is 127. The Hall–Kier alpha value is -4.37. The minimum Gasteiger partial charge on any atom is -0.497 e. The van der Waals surface area contributed by atoms with Gasteiger partial charge in [0.05, 0.1) is 28.4 Å². The quantitative estimate of drug-likeness (QED) is 0.111.